The third-order valence-corrected chi connectivity index (χ3v) is 3.97. The van der Waals surface area contributed by atoms with Gasteiger partial charge in [-0.25, -0.2) is 5.43 Å². The fourth-order valence-corrected chi connectivity index (χ4v) is 2.56. The van der Waals surface area contributed by atoms with Gasteiger partial charge in [0.25, 0.3) is 5.91 Å². The molecule has 0 aromatic heterocycles. The Bertz CT molecular complexity index is 777. The minimum absolute atomic E-state index is 0.163. The summed E-state index contributed by atoms with van der Waals surface area (Å²) in [7, 11) is 3.14. The topological polar surface area (TPSA) is 69.2 Å². The predicted molar refractivity (Wildman–Crippen MR) is 99.5 cm³/mol. The molecular weight excluding hydrogens is 388 g/mol. The maximum Gasteiger partial charge on any atom is 0.277 e. The van der Waals surface area contributed by atoms with E-state index in [0.29, 0.717) is 17.2 Å². The van der Waals surface area contributed by atoms with Crippen molar-refractivity contribution in [2.75, 3.05) is 20.8 Å². The SMILES string of the molecule is COc1ccc(/C(C)=N\NC(=O)COc2ccccc2OC)cc1Br. The number of hydrogen-bond acceptors (Lipinski definition) is 5. The van der Waals surface area contributed by atoms with Crippen LogP contribution in [0, 0.1) is 0 Å². The number of benzene rings is 2. The number of hydrogen-bond donors (Lipinski definition) is 1. The number of amides is 1. The van der Waals surface area contributed by atoms with E-state index in [4.69, 9.17) is 14.2 Å². The van der Waals surface area contributed by atoms with Crippen LogP contribution in [0.2, 0.25) is 0 Å². The van der Waals surface area contributed by atoms with Gasteiger partial charge in [0.15, 0.2) is 18.1 Å². The van der Waals surface area contributed by atoms with Crippen LogP contribution in [0.1, 0.15) is 12.5 Å². The van der Waals surface area contributed by atoms with Gasteiger partial charge in [-0.15, -0.1) is 0 Å². The maximum atomic E-state index is 11.9. The van der Waals surface area contributed by atoms with Gasteiger partial charge in [0.1, 0.15) is 5.75 Å². The lowest BCUT2D eigenvalue weighted by molar-refractivity contribution is -0.123. The van der Waals surface area contributed by atoms with Crippen molar-refractivity contribution in [3.63, 3.8) is 0 Å². The first-order valence-corrected chi connectivity index (χ1v) is 8.27. The van der Waals surface area contributed by atoms with Crippen molar-refractivity contribution in [1.82, 2.24) is 5.43 Å². The molecule has 0 saturated heterocycles. The maximum absolute atomic E-state index is 11.9. The summed E-state index contributed by atoms with van der Waals surface area (Å²) < 4.78 is 16.6. The Balaban J connectivity index is 1.94. The summed E-state index contributed by atoms with van der Waals surface area (Å²) >= 11 is 3.42. The summed E-state index contributed by atoms with van der Waals surface area (Å²) in [5.41, 5.74) is 3.99. The van der Waals surface area contributed by atoms with Crippen molar-refractivity contribution in [1.29, 1.82) is 0 Å². The van der Waals surface area contributed by atoms with E-state index in [9.17, 15) is 4.79 Å². The van der Waals surface area contributed by atoms with Crippen LogP contribution in [-0.4, -0.2) is 32.4 Å². The molecule has 25 heavy (non-hydrogen) atoms. The molecule has 1 amide bonds. The molecule has 0 saturated carbocycles. The number of hydrazone groups is 1. The van der Waals surface area contributed by atoms with E-state index in [-0.39, 0.29) is 12.5 Å². The fraction of sp³-hybridized carbons (Fsp3) is 0.222. The van der Waals surface area contributed by atoms with E-state index in [0.717, 1.165) is 15.8 Å². The molecule has 1 N–H and O–H groups in total. The molecule has 0 heterocycles. The minimum atomic E-state index is -0.363. The number of carbonyl (C=O) groups excluding carboxylic acids is 1. The third kappa shape index (κ3) is 5.22. The van der Waals surface area contributed by atoms with Crippen LogP contribution in [0.3, 0.4) is 0 Å². The average Bonchev–Trinajstić information content (AvgIpc) is 2.64. The van der Waals surface area contributed by atoms with Crippen molar-refractivity contribution in [2.45, 2.75) is 6.92 Å². The van der Waals surface area contributed by atoms with E-state index < -0.39 is 0 Å². The molecule has 0 radical (unpaired) electrons. The largest absolute Gasteiger partial charge is 0.496 e. The Labute approximate surface area is 154 Å². The number of halogens is 1. The second kappa shape index (κ2) is 9.08. The molecule has 7 heteroatoms. The Kier molecular flexibility index (Phi) is 6.82. The minimum Gasteiger partial charge on any atom is -0.496 e. The van der Waals surface area contributed by atoms with Gasteiger partial charge in [0.2, 0.25) is 0 Å². The summed E-state index contributed by atoms with van der Waals surface area (Å²) in [5, 5.41) is 4.09. The quantitative estimate of drug-likeness (QED) is 0.565. The molecule has 0 spiro atoms. The monoisotopic (exact) mass is 406 g/mol. The molecule has 0 unspecified atom stereocenters. The molecule has 0 atom stereocenters. The smallest absolute Gasteiger partial charge is 0.277 e. The van der Waals surface area contributed by atoms with Crippen LogP contribution in [0.4, 0.5) is 0 Å². The van der Waals surface area contributed by atoms with Crippen molar-refractivity contribution in [3.05, 3.63) is 52.5 Å². The molecule has 0 aliphatic carbocycles. The molecule has 0 fully saturated rings. The Morgan fingerprint density at radius 3 is 2.40 bits per heavy atom. The van der Waals surface area contributed by atoms with Gasteiger partial charge in [0.05, 0.1) is 24.4 Å². The second-order valence-electron chi connectivity index (χ2n) is 5.02. The van der Waals surface area contributed by atoms with E-state index in [1.54, 1.807) is 39.3 Å². The molecule has 132 valence electrons. The highest BCUT2D eigenvalue weighted by atomic mass is 79.9. The summed E-state index contributed by atoms with van der Waals surface area (Å²) in [6.45, 7) is 1.64. The van der Waals surface area contributed by atoms with E-state index >= 15 is 0 Å². The van der Waals surface area contributed by atoms with E-state index in [1.807, 2.05) is 24.3 Å². The van der Waals surface area contributed by atoms with E-state index in [2.05, 4.69) is 26.5 Å². The van der Waals surface area contributed by atoms with Gasteiger partial charge in [-0.2, -0.15) is 5.10 Å². The fourth-order valence-electron chi connectivity index (χ4n) is 2.02. The average molecular weight is 407 g/mol. The number of nitrogens with one attached hydrogen (secondary N) is 1. The predicted octanol–water partition coefficient (Wildman–Crippen LogP) is 3.39. The van der Waals surface area contributed by atoms with E-state index in [1.165, 1.54) is 0 Å². The van der Waals surface area contributed by atoms with Crippen LogP contribution >= 0.6 is 15.9 Å². The van der Waals surface area contributed by atoms with Gasteiger partial charge < -0.3 is 14.2 Å². The highest BCUT2D eigenvalue weighted by molar-refractivity contribution is 9.10. The van der Waals surface area contributed by atoms with Crippen molar-refractivity contribution >= 4 is 27.5 Å². The van der Waals surface area contributed by atoms with Crippen LogP contribution in [0.5, 0.6) is 17.2 Å². The number of methoxy groups -OCH3 is 2. The summed E-state index contributed by atoms with van der Waals surface area (Å²) in [4.78, 5) is 11.9. The molecule has 2 aromatic rings. The Hall–Kier alpha value is -2.54. The summed E-state index contributed by atoms with van der Waals surface area (Å²) in [6.07, 6.45) is 0. The molecule has 2 rings (SSSR count). The van der Waals surface area contributed by atoms with Gasteiger partial charge >= 0.3 is 0 Å². The van der Waals surface area contributed by atoms with Crippen LogP contribution in [0.25, 0.3) is 0 Å². The van der Waals surface area contributed by atoms with Crippen LogP contribution in [0.15, 0.2) is 52.0 Å². The first-order valence-electron chi connectivity index (χ1n) is 7.48. The number of ether oxygens (including phenoxy) is 3. The third-order valence-electron chi connectivity index (χ3n) is 3.35. The Morgan fingerprint density at radius 1 is 1.08 bits per heavy atom. The zero-order valence-electron chi connectivity index (χ0n) is 14.2. The van der Waals surface area contributed by atoms with Gasteiger partial charge in [-0.3, -0.25) is 4.79 Å². The van der Waals surface area contributed by atoms with Crippen molar-refractivity contribution in [3.8, 4) is 17.2 Å². The van der Waals surface area contributed by atoms with Gasteiger partial charge in [-0.1, -0.05) is 12.1 Å². The van der Waals surface area contributed by atoms with Crippen molar-refractivity contribution in [2.24, 2.45) is 5.10 Å². The normalized spacial score (nSPS) is 11.0. The Morgan fingerprint density at radius 2 is 1.76 bits per heavy atom. The molecular formula is C18H19BrN2O4. The van der Waals surface area contributed by atoms with Crippen LogP contribution < -0.4 is 19.6 Å². The molecule has 0 bridgehead atoms. The van der Waals surface area contributed by atoms with Gasteiger partial charge in [0, 0.05) is 0 Å². The summed E-state index contributed by atoms with van der Waals surface area (Å²) in [6, 6.07) is 12.7. The number of nitrogens with zero attached hydrogens (tertiary/aromatic N) is 1. The number of para-hydroxylation sites is 2. The first kappa shape index (κ1) is 18.8. The molecule has 0 aliphatic heterocycles. The van der Waals surface area contributed by atoms with Crippen molar-refractivity contribution < 1.29 is 19.0 Å². The lowest BCUT2D eigenvalue weighted by Crippen LogP contribution is -2.25. The first-order chi connectivity index (χ1) is 12.0. The zero-order valence-corrected chi connectivity index (χ0v) is 15.8. The number of carbonyl (C=O) groups is 1. The molecule has 6 nitrogen and oxygen atoms in total. The lowest BCUT2D eigenvalue weighted by atomic mass is 10.1. The second-order valence-corrected chi connectivity index (χ2v) is 5.88. The zero-order chi connectivity index (χ0) is 18.2. The molecule has 2 aromatic carbocycles. The highest BCUT2D eigenvalue weighted by Crippen LogP contribution is 2.26. The lowest BCUT2D eigenvalue weighted by Gasteiger charge is -2.09. The standard InChI is InChI=1S/C18H19BrN2O4/c1-12(13-8-9-15(23-2)14(19)10-13)20-21-18(22)11-25-17-7-5-4-6-16(17)24-3/h4-10H,11H2,1-3H3,(H,21,22)/b20-12-. The highest BCUT2D eigenvalue weighted by Gasteiger charge is 2.07. The summed E-state index contributed by atoms with van der Waals surface area (Å²) in [5.74, 6) is 1.43. The van der Waals surface area contributed by atoms with Gasteiger partial charge in [-0.05, 0) is 58.7 Å². The van der Waals surface area contributed by atoms with Crippen LogP contribution in [-0.2, 0) is 4.79 Å². The number of rotatable bonds is 7. The molecule has 0 aliphatic rings.